The van der Waals surface area contributed by atoms with Crippen LogP contribution < -0.4 is 0 Å². The molecule has 0 spiro atoms. The van der Waals surface area contributed by atoms with Gasteiger partial charge in [-0.3, -0.25) is 0 Å². The molecule has 0 saturated carbocycles. The van der Waals surface area contributed by atoms with Crippen molar-refractivity contribution in [1.29, 1.82) is 0 Å². The van der Waals surface area contributed by atoms with Crippen LogP contribution in [0.4, 0.5) is 0 Å². The van der Waals surface area contributed by atoms with Crippen LogP contribution in [-0.4, -0.2) is 15.2 Å². The van der Waals surface area contributed by atoms with Crippen LogP contribution in [0.15, 0.2) is 42.5 Å². The van der Waals surface area contributed by atoms with Crippen LogP contribution in [0.25, 0.3) is 21.8 Å². The third-order valence-corrected chi connectivity index (χ3v) is 3.24. The fraction of sp³-hybridized carbons (Fsp3) is 0.133. The van der Waals surface area contributed by atoms with E-state index < -0.39 is 0 Å². The minimum absolute atomic E-state index is 0.0708. The second-order valence-electron chi connectivity index (χ2n) is 4.27. The van der Waals surface area contributed by atoms with E-state index in [0.29, 0.717) is 0 Å². The highest BCUT2D eigenvalue weighted by Gasteiger charge is 2.08. The normalized spacial score (nSPS) is 11.2. The van der Waals surface area contributed by atoms with Gasteiger partial charge in [-0.15, -0.1) is 0 Å². The summed E-state index contributed by atoms with van der Waals surface area (Å²) in [5.74, 6) is 0. The standard InChI is InChI=1S/C15H13NO2/c17-8-11-5-6-15-12(13(11)9-18)7-10-3-1-2-4-14(10)16-15/h1-7,17-18H,8-9H2. The van der Waals surface area contributed by atoms with Gasteiger partial charge in [-0.2, -0.15) is 0 Å². The summed E-state index contributed by atoms with van der Waals surface area (Å²) in [5.41, 5.74) is 3.29. The van der Waals surface area contributed by atoms with E-state index in [2.05, 4.69) is 4.98 Å². The van der Waals surface area contributed by atoms with Gasteiger partial charge in [0.1, 0.15) is 0 Å². The highest BCUT2D eigenvalue weighted by atomic mass is 16.3. The van der Waals surface area contributed by atoms with Crippen molar-refractivity contribution >= 4 is 21.8 Å². The van der Waals surface area contributed by atoms with Crippen LogP contribution >= 0.6 is 0 Å². The maximum atomic E-state index is 9.48. The van der Waals surface area contributed by atoms with Crippen LogP contribution in [0.2, 0.25) is 0 Å². The van der Waals surface area contributed by atoms with E-state index in [9.17, 15) is 10.2 Å². The molecule has 0 aliphatic rings. The van der Waals surface area contributed by atoms with Crippen molar-refractivity contribution in [2.45, 2.75) is 13.2 Å². The lowest BCUT2D eigenvalue weighted by atomic mass is 10.0. The SMILES string of the molecule is OCc1ccc2nc3ccccc3cc2c1CO. The Morgan fingerprint density at radius 3 is 2.50 bits per heavy atom. The Morgan fingerprint density at radius 1 is 0.889 bits per heavy atom. The molecule has 3 nitrogen and oxygen atoms in total. The monoisotopic (exact) mass is 239 g/mol. The minimum Gasteiger partial charge on any atom is -0.392 e. The average molecular weight is 239 g/mol. The molecule has 0 atom stereocenters. The Hall–Kier alpha value is -1.97. The van der Waals surface area contributed by atoms with E-state index in [-0.39, 0.29) is 13.2 Å². The first-order chi connectivity index (χ1) is 8.83. The van der Waals surface area contributed by atoms with Gasteiger partial charge in [-0.25, -0.2) is 4.98 Å². The zero-order valence-corrected chi connectivity index (χ0v) is 9.80. The molecule has 2 N–H and O–H groups in total. The number of fused-ring (bicyclic) bond motifs is 2. The molecule has 0 radical (unpaired) electrons. The number of aliphatic hydroxyl groups is 2. The predicted molar refractivity (Wildman–Crippen MR) is 71.1 cm³/mol. The van der Waals surface area contributed by atoms with Gasteiger partial charge in [-0.05, 0) is 29.3 Å². The molecule has 0 bridgehead atoms. The van der Waals surface area contributed by atoms with E-state index in [1.807, 2.05) is 42.5 Å². The Kier molecular flexibility index (Phi) is 2.70. The summed E-state index contributed by atoms with van der Waals surface area (Å²) in [7, 11) is 0. The van der Waals surface area contributed by atoms with Crippen molar-refractivity contribution < 1.29 is 10.2 Å². The molecule has 1 aromatic heterocycles. The maximum Gasteiger partial charge on any atom is 0.0713 e. The van der Waals surface area contributed by atoms with Crippen molar-refractivity contribution in [3.05, 3.63) is 53.6 Å². The highest BCUT2D eigenvalue weighted by molar-refractivity contribution is 5.94. The summed E-state index contributed by atoms with van der Waals surface area (Å²) in [6, 6.07) is 13.6. The molecule has 18 heavy (non-hydrogen) atoms. The van der Waals surface area contributed by atoms with Crippen molar-refractivity contribution in [2.24, 2.45) is 0 Å². The number of benzene rings is 2. The van der Waals surface area contributed by atoms with Crippen LogP contribution in [0.1, 0.15) is 11.1 Å². The van der Waals surface area contributed by atoms with E-state index in [1.54, 1.807) is 0 Å². The summed E-state index contributed by atoms with van der Waals surface area (Å²) in [6.07, 6.45) is 0. The number of aliphatic hydroxyl groups excluding tert-OH is 2. The third kappa shape index (κ3) is 1.65. The smallest absolute Gasteiger partial charge is 0.0713 e. The number of nitrogens with zero attached hydrogens (tertiary/aromatic N) is 1. The fourth-order valence-corrected chi connectivity index (χ4v) is 2.29. The Balaban J connectivity index is 2.42. The Labute approximate surface area is 104 Å². The molecule has 1 heterocycles. The second kappa shape index (κ2) is 4.37. The largest absolute Gasteiger partial charge is 0.392 e. The summed E-state index contributed by atoms with van der Waals surface area (Å²) < 4.78 is 0. The number of para-hydroxylation sites is 1. The highest BCUT2D eigenvalue weighted by Crippen LogP contribution is 2.25. The van der Waals surface area contributed by atoms with Gasteiger partial charge in [0.2, 0.25) is 0 Å². The first-order valence-electron chi connectivity index (χ1n) is 5.85. The number of hydrogen-bond donors (Lipinski definition) is 2. The fourth-order valence-electron chi connectivity index (χ4n) is 2.29. The van der Waals surface area contributed by atoms with E-state index in [4.69, 9.17) is 0 Å². The molecule has 3 rings (SSSR count). The van der Waals surface area contributed by atoms with Crippen molar-refractivity contribution in [3.8, 4) is 0 Å². The minimum atomic E-state index is -0.0900. The molecular weight excluding hydrogens is 226 g/mol. The molecule has 0 aliphatic carbocycles. The molecule has 3 heteroatoms. The van der Waals surface area contributed by atoms with Crippen molar-refractivity contribution in [3.63, 3.8) is 0 Å². The van der Waals surface area contributed by atoms with Gasteiger partial charge in [0.05, 0.1) is 24.2 Å². The maximum absolute atomic E-state index is 9.48. The molecule has 3 aromatic rings. The first kappa shape index (κ1) is 11.1. The number of pyridine rings is 1. The van der Waals surface area contributed by atoms with Crippen LogP contribution in [-0.2, 0) is 13.2 Å². The summed E-state index contributed by atoms with van der Waals surface area (Å²) in [5, 5.41) is 20.7. The molecule has 0 amide bonds. The zero-order chi connectivity index (χ0) is 12.5. The molecular formula is C15H13NO2. The lowest BCUT2D eigenvalue weighted by Crippen LogP contribution is -1.96. The zero-order valence-electron chi connectivity index (χ0n) is 9.80. The number of rotatable bonds is 2. The Morgan fingerprint density at radius 2 is 1.72 bits per heavy atom. The molecule has 90 valence electrons. The van der Waals surface area contributed by atoms with Crippen molar-refractivity contribution in [2.75, 3.05) is 0 Å². The number of aromatic nitrogens is 1. The molecule has 2 aromatic carbocycles. The topological polar surface area (TPSA) is 53.4 Å². The number of hydrogen-bond acceptors (Lipinski definition) is 3. The van der Waals surface area contributed by atoms with Crippen LogP contribution in [0.3, 0.4) is 0 Å². The second-order valence-corrected chi connectivity index (χ2v) is 4.27. The first-order valence-corrected chi connectivity index (χ1v) is 5.85. The van der Waals surface area contributed by atoms with Crippen molar-refractivity contribution in [1.82, 2.24) is 4.98 Å². The van der Waals surface area contributed by atoms with Crippen LogP contribution in [0.5, 0.6) is 0 Å². The van der Waals surface area contributed by atoms with Crippen LogP contribution in [0, 0.1) is 0 Å². The van der Waals surface area contributed by atoms with E-state index in [0.717, 1.165) is 32.9 Å². The quantitative estimate of drug-likeness (QED) is 0.675. The van der Waals surface area contributed by atoms with E-state index >= 15 is 0 Å². The molecule has 0 unspecified atom stereocenters. The molecule has 0 saturated heterocycles. The summed E-state index contributed by atoms with van der Waals surface area (Å²) in [4.78, 5) is 4.57. The molecule has 0 aliphatic heterocycles. The van der Waals surface area contributed by atoms with Gasteiger partial charge >= 0.3 is 0 Å². The lowest BCUT2D eigenvalue weighted by molar-refractivity contribution is 0.261. The lowest BCUT2D eigenvalue weighted by Gasteiger charge is -2.09. The summed E-state index contributed by atoms with van der Waals surface area (Å²) in [6.45, 7) is -0.161. The van der Waals surface area contributed by atoms with Gasteiger partial charge in [0, 0.05) is 10.8 Å². The van der Waals surface area contributed by atoms with E-state index in [1.165, 1.54) is 0 Å². The van der Waals surface area contributed by atoms with Gasteiger partial charge < -0.3 is 10.2 Å². The Bertz CT molecular complexity index is 722. The average Bonchev–Trinajstić information content (AvgIpc) is 2.43. The van der Waals surface area contributed by atoms with Gasteiger partial charge in [-0.1, -0.05) is 24.3 Å². The van der Waals surface area contributed by atoms with Gasteiger partial charge in [0.15, 0.2) is 0 Å². The third-order valence-electron chi connectivity index (χ3n) is 3.24. The summed E-state index contributed by atoms with van der Waals surface area (Å²) >= 11 is 0. The molecule has 0 fully saturated rings. The predicted octanol–water partition coefficient (Wildman–Crippen LogP) is 2.37. The van der Waals surface area contributed by atoms with Gasteiger partial charge in [0.25, 0.3) is 0 Å².